The Kier molecular flexibility index (Phi) is 6.60. The molecule has 1 atom stereocenters. The lowest BCUT2D eigenvalue weighted by Crippen LogP contribution is -2.46. The van der Waals surface area contributed by atoms with Crippen molar-refractivity contribution in [1.29, 1.82) is 0 Å². The second-order valence-corrected chi connectivity index (χ2v) is 6.56. The molecule has 0 aliphatic carbocycles. The lowest BCUT2D eigenvalue weighted by Gasteiger charge is -2.23. The molecule has 1 unspecified atom stereocenters. The molecule has 0 aromatic heterocycles. The molecule has 21 heavy (non-hydrogen) atoms. The van der Waals surface area contributed by atoms with Crippen LogP contribution in [0.25, 0.3) is 0 Å². The van der Waals surface area contributed by atoms with Gasteiger partial charge in [-0.1, -0.05) is 18.2 Å². The minimum absolute atomic E-state index is 0. The maximum atomic E-state index is 12.5. The standard InChI is InChI=1S/C13H19N3O3S.ClH/c14-8-9-15-13(17)12-7-4-10-16(12)20(18,19)11-5-2-1-3-6-11;/h1-3,5-6,12H,4,7-10,14H2,(H,15,17);1H. The third-order valence-corrected chi connectivity index (χ3v) is 5.22. The number of nitrogens with two attached hydrogens (primary N) is 1. The lowest BCUT2D eigenvalue weighted by atomic mass is 10.2. The van der Waals surface area contributed by atoms with E-state index in [9.17, 15) is 13.2 Å². The van der Waals surface area contributed by atoms with Crippen LogP contribution in [-0.2, 0) is 14.8 Å². The summed E-state index contributed by atoms with van der Waals surface area (Å²) in [7, 11) is -3.62. The highest BCUT2D eigenvalue weighted by molar-refractivity contribution is 7.89. The van der Waals surface area contributed by atoms with Gasteiger partial charge in [0, 0.05) is 19.6 Å². The average molecular weight is 334 g/mol. The first kappa shape index (κ1) is 17.9. The Labute approximate surface area is 131 Å². The van der Waals surface area contributed by atoms with Crippen LogP contribution in [0.3, 0.4) is 0 Å². The van der Waals surface area contributed by atoms with Gasteiger partial charge in [-0.2, -0.15) is 4.31 Å². The van der Waals surface area contributed by atoms with E-state index < -0.39 is 16.1 Å². The van der Waals surface area contributed by atoms with Crippen molar-refractivity contribution in [3.05, 3.63) is 30.3 Å². The summed E-state index contributed by atoms with van der Waals surface area (Å²) >= 11 is 0. The minimum atomic E-state index is -3.62. The van der Waals surface area contributed by atoms with Crippen LogP contribution in [0, 0.1) is 0 Å². The molecule has 1 aromatic rings. The summed E-state index contributed by atoms with van der Waals surface area (Å²) in [4.78, 5) is 12.2. The van der Waals surface area contributed by atoms with Gasteiger partial charge in [0.1, 0.15) is 6.04 Å². The van der Waals surface area contributed by atoms with Crippen LogP contribution in [0.2, 0.25) is 0 Å². The van der Waals surface area contributed by atoms with Crippen molar-refractivity contribution < 1.29 is 13.2 Å². The molecule has 0 saturated carbocycles. The summed E-state index contributed by atoms with van der Waals surface area (Å²) in [5, 5.41) is 2.66. The molecule has 1 fully saturated rings. The summed E-state index contributed by atoms with van der Waals surface area (Å²) in [6, 6.07) is 7.56. The largest absolute Gasteiger partial charge is 0.353 e. The van der Waals surface area contributed by atoms with E-state index in [1.165, 1.54) is 4.31 Å². The third kappa shape index (κ3) is 3.94. The van der Waals surface area contributed by atoms with Crippen molar-refractivity contribution in [3.63, 3.8) is 0 Å². The number of hydrogen-bond acceptors (Lipinski definition) is 4. The van der Waals surface area contributed by atoms with Gasteiger partial charge in [-0.25, -0.2) is 8.42 Å². The van der Waals surface area contributed by atoms with E-state index in [4.69, 9.17) is 5.73 Å². The Bertz CT molecular complexity index is 565. The van der Waals surface area contributed by atoms with Crippen LogP contribution in [0.1, 0.15) is 12.8 Å². The normalized spacial score (nSPS) is 19.0. The Hall–Kier alpha value is -1.15. The van der Waals surface area contributed by atoms with Crippen LogP contribution >= 0.6 is 12.4 Å². The van der Waals surface area contributed by atoms with E-state index >= 15 is 0 Å². The van der Waals surface area contributed by atoms with Crippen LogP contribution in [-0.4, -0.2) is 44.3 Å². The van der Waals surface area contributed by atoms with E-state index in [0.717, 1.165) is 0 Å². The second-order valence-electron chi connectivity index (χ2n) is 4.67. The van der Waals surface area contributed by atoms with E-state index in [0.29, 0.717) is 32.5 Å². The molecule has 1 amide bonds. The molecule has 3 N–H and O–H groups in total. The molecule has 1 saturated heterocycles. The third-order valence-electron chi connectivity index (χ3n) is 3.30. The summed E-state index contributed by atoms with van der Waals surface area (Å²) < 4.78 is 26.4. The number of carbonyl (C=O) groups excluding carboxylic acids is 1. The summed E-state index contributed by atoms with van der Waals surface area (Å²) in [6.07, 6.45) is 1.23. The minimum Gasteiger partial charge on any atom is -0.353 e. The van der Waals surface area contributed by atoms with Gasteiger partial charge in [-0.05, 0) is 25.0 Å². The smallest absolute Gasteiger partial charge is 0.243 e. The summed E-state index contributed by atoms with van der Waals surface area (Å²) in [6.45, 7) is 1.07. The van der Waals surface area contributed by atoms with Crippen molar-refractivity contribution in [2.24, 2.45) is 5.73 Å². The molecule has 1 heterocycles. The van der Waals surface area contributed by atoms with E-state index in [-0.39, 0.29) is 23.2 Å². The Morgan fingerprint density at radius 3 is 2.62 bits per heavy atom. The van der Waals surface area contributed by atoms with Crippen molar-refractivity contribution in [2.45, 2.75) is 23.8 Å². The van der Waals surface area contributed by atoms with E-state index in [1.807, 2.05) is 0 Å². The lowest BCUT2D eigenvalue weighted by molar-refractivity contribution is -0.124. The molecular formula is C13H20ClN3O3S. The zero-order valence-electron chi connectivity index (χ0n) is 11.6. The number of nitrogens with zero attached hydrogens (tertiary/aromatic N) is 1. The average Bonchev–Trinajstić information content (AvgIpc) is 2.96. The van der Waals surface area contributed by atoms with Crippen LogP contribution in [0.5, 0.6) is 0 Å². The summed E-state index contributed by atoms with van der Waals surface area (Å²) in [5.74, 6) is -0.271. The predicted molar refractivity (Wildman–Crippen MR) is 82.7 cm³/mol. The van der Waals surface area contributed by atoms with Crippen LogP contribution in [0.4, 0.5) is 0 Å². The maximum Gasteiger partial charge on any atom is 0.243 e. The predicted octanol–water partition coefficient (Wildman–Crippen LogP) is 0.336. The molecule has 1 aliphatic heterocycles. The topological polar surface area (TPSA) is 92.5 Å². The van der Waals surface area contributed by atoms with Gasteiger partial charge in [0.25, 0.3) is 0 Å². The number of nitrogens with one attached hydrogen (secondary N) is 1. The number of halogens is 1. The highest BCUT2D eigenvalue weighted by Crippen LogP contribution is 2.25. The number of rotatable bonds is 5. The molecule has 0 bridgehead atoms. The first-order chi connectivity index (χ1) is 9.57. The van der Waals surface area contributed by atoms with Crippen LogP contribution in [0.15, 0.2) is 35.2 Å². The zero-order valence-corrected chi connectivity index (χ0v) is 13.2. The molecule has 6 nitrogen and oxygen atoms in total. The fourth-order valence-corrected chi connectivity index (χ4v) is 4.01. The quantitative estimate of drug-likeness (QED) is 0.812. The zero-order chi connectivity index (χ0) is 14.6. The van der Waals surface area contributed by atoms with E-state index in [1.54, 1.807) is 30.3 Å². The number of amides is 1. The Balaban J connectivity index is 0.00000220. The number of benzene rings is 1. The van der Waals surface area contributed by atoms with Gasteiger partial charge in [-0.3, -0.25) is 4.79 Å². The number of sulfonamides is 1. The highest BCUT2D eigenvalue weighted by atomic mass is 35.5. The molecule has 1 aliphatic rings. The van der Waals surface area contributed by atoms with Crippen molar-refractivity contribution >= 4 is 28.3 Å². The monoisotopic (exact) mass is 333 g/mol. The fraction of sp³-hybridized carbons (Fsp3) is 0.462. The van der Waals surface area contributed by atoms with Gasteiger partial charge in [0.2, 0.25) is 15.9 Å². The van der Waals surface area contributed by atoms with Crippen molar-refractivity contribution in [1.82, 2.24) is 9.62 Å². The second kappa shape index (κ2) is 7.74. The summed E-state index contributed by atoms with van der Waals surface area (Å²) in [5.41, 5.74) is 5.34. The first-order valence-corrected chi connectivity index (χ1v) is 8.06. The SMILES string of the molecule is Cl.NCCNC(=O)C1CCCN1S(=O)(=O)c1ccccc1. The fourth-order valence-electron chi connectivity index (χ4n) is 2.33. The molecule has 1 aromatic carbocycles. The number of hydrogen-bond donors (Lipinski definition) is 2. The highest BCUT2D eigenvalue weighted by Gasteiger charge is 2.39. The van der Waals surface area contributed by atoms with Gasteiger partial charge >= 0.3 is 0 Å². The molecule has 118 valence electrons. The van der Waals surface area contributed by atoms with Gasteiger partial charge in [-0.15, -0.1) is 12.4 Å². The Morgan fingerprint density at radius 2 is 2.00 bits per heavy atom. The molecular weight excluding hydrogens is 314 g/mol. The molecule has 8 heteroatoms. The van der Waals surface area contributed by atoms with E-state index in [2.05, 4.69) is 5.32 Å². The number of carbonyl (C=O) groups is 1. The van der Waals surface area contributed by atoms with Gasteiger partial charge < -0.3 is 11.1 Å². The van der Waals surface area contributed by atoms with Gasteiger partial charge in [0.05, 0.1) is 4.90 Å². The van der Waals surface area contributed by atoms with Crippen molar-refractivity contribution in [3.8, 4) is 0 Å². The van der Waals surface area contributed by atoms with Crippen molar-refractivity contribution in [2.75, 3.05) is 19.6 Å². The Morgan fingerprint density at radius 1 is 1.33 bits per heavy atom. The molecule has 2 rings (SSSR count). The van der Waals surface area contributed by atoms with Crippen LogP contribution < -0.4 is 11.1 Å². The molecule has 0 spiro atoms. The maximum absolute atomic E-state index is 12.5. The van der Waals surface area contributed by atoms with Gasteiger partial charge in [0.15, 0.2) is 0 Å². The molecule has 0 radical (unpaired) electrons. The first-order valence-electron chi connectivity index (χ1n) is 6.62.